The van der Waals surface area contributed by atoms with Crippen LogP contribution in [0.5, 0.6) is 0 Å². The van der Waals surface area contributed by atoms with Gasteiger partial charge in [0.2, 0.25) is 11.8 Å². The van der Waals surface area contributed by atoms with Crippen molar-refractivity contribution in [2.75, 3.05) is 13.1 Å². The first-order valence-corrected chi connectivity index (χ1v) is 9.93. The third-order valence-corrected chi connectivity index (χ3v) is 5.48. The summed E-state index contributed by atoms with van der Waals surface area (Å²) < 4.78 is 1.80. The molecule has 3 rings (SSSR count). The van der Waals surface area contributed by atoms with Crippen LogP contribution in [0, 0.1) is 26.7 Å². The van der Waals surface area contributed by atoms with Crippen LogP contribution in [0.15, 0.2) is 24.3 Å². The third kappa shape index (κ3) is 4.08. The van der Waals surface area contributed by atoms with Gasteiger partial charge in [-0.15, -0.1) is 0 Å². The number of nitrogens with zero attached hydrogens (tertiary/aromatic N) is 4. The van der Waals surface area contributed by atoms with E-state index in [0.29, 0.717) is 32.5 Å². The molecular weight excluding hydrogens is 354 g/mol. The molecule has 7 heteroatoms. The van der Waals surface area contributed by atoms with E-state index in [0.717, 1.165) is 22.8 Å². The van der Waals surface area contributed by atoms with Gasteiger partial charge in [-0.05, 0) is 45.2 Å². The van der Waals surface area contributed by atoms with Crippen molar-refractivity contribution in [2.45, 2.75) is 53.1 Å². The topological polar surface area (TPSA) is 80.1 Å². The second-order valence-electron chi connectivity index (χ2n) is 7.35. The van der Waals surface area contributed by atoms with E-state index in [4.69, 9.17) is 0 Å². The summed E-state index contributed by atoms with van der Waals surface area (Å²) in [6, 6.07) is 7.80. The molecule has 1 aliphatic rings. The lowest BCUT2D eigenvalue weighted by Crippen LogP contribution is -2.48. The van der Waals surface area contributed by atoms with Gasteiger partial charge in [-0.2, -0.15) is 5.10 Å². The van der Waals surface area contributed by atoms with E-state index in [2.05, 4.69) is 15.4 Å². The second-order valence-corrected chi connectivity index (χ2v) is 7.35. The fourth-order valence-corrected chi connectivity index (χ4v) is 4.09. The van der Waals surface area contributed by atoms with Gasteiger partial charge in [0.25, 0.3) is 0 Å². The average Bonchev–Trinajstić information content (AvgIpc) is 2.99. The summed E-state index contributed by atoms with van der Waals surface area (Å²) in [5.74, 6) is 1.43. The van der Waals surface area contributed by atoms with Gasteiger partial charge in [-0.3, -0.25) is 9.59 Å². The van der Waals surface area contributed by atoms with Crippen LogP contribution in [0.2, 0.25) is 0 Å². The molecule has 2 aromatic rings. The van der Waals surface area contributed by atoms with Crippen molar-refractivity contribution in [3.05, 3.63) is 47.0 Å². The molecule has 1 aliphatic heterocycles. The SMILES string of the molecule is CCN1C(=O)CC[C@@H](C(=O)NCCn2nc(C)nc2C)[C@@H]1c1ccccc1C. The lowest BCUT2D eigenvalue weighted by molar-refractivity contribution is -0.143. The summed E-state index contributed by atoms with van der Waals surface area (Å²) in [5, 5.41) is 7.38. The Morgan fingerprint density at radius 2 is 2.00 bits per heavy atom. The quantitative estimate of drug-likeness (QED) is 0.830. The van der Waals surface area contributed by atoms with Gasteiger partial charge in [0.1, 0.15) is 11.6 Å². The largest absolute Gasteiger partial charge is 0.354 e. The summed E-state index contributed by atoms with van der Waals surface area (Å²) in [5.41, 5.74) is 2.16. The van der Waals surface area contributed by atoms with Crippen molar-refractivity contribution in [3.63, 3.8) is 0 Å². The Kier molecular flexibility index (Phi) is 6.11. The van der Waals surface area contributed by atoms with Gasteiger partial charge >= 0.3 is 0 Å². The number of amides is 2. The van der Waals surface area contributed by atoms with Gasteiger partial charge in [-0.1, -0.05) is 24.3 Å². The van der Waals surface area contributed by atoms with Crippen molar-refractivity contribution in [1.82, 2.24) is 25.0 Å². The number of aromatic nitrogens is 3. The highest BCUT2D eigenvalue weighted by Crippen LogP contribution is 2.38. The first-order valence-electron chi connectivity index (χ1n) is 9.93. The monoisotopic (exact) mass is 383 g/mol. The molecule has 1 saturated heterocycles. The van der Waals surface area contributed by atoms with E-state index >= 15 is 0 Å². The minimum absolute atomic E-state index is 0.00584. The summed E-state index contributed by atoms with van der Waals surface area (Å²) in [6.45, 7) is 9.43. The maximum Gasteiger partial charge on any atom is 0.225 e. The molecule has 0 radical (unpaired) electrons. The highest BCUT2D eigenvalue weighted by atomic mass is 16.2. The second kappa shape index (κ2) is 8.54. The van der Waals surface area contributed by atoms with Crippen LogP contribution in [0.3, 0.4) is 0 Å². The van der Waals surface area contributed by atoms with Crippen LogP contribution >= 0.6 is 0 Å². The van der Waals surface area contributed by atoms with Gasteiger partial charge in [-0.25, -0.2) is 9.67 Å². The van der Waals surface area contributed by atoms with Crippen LogP contribution < -0.4 is 5.32 Å². The Bertz CT molecular complexity index is 860. The van der Waals surface area contributed by atoms with Crippen molar-refractivity contribution >= 4 is 11.8 Å². The molecule has 0 bridgehead atoms. The van der Waals surface area contributed by atoms with Gasteiger partial charge in [0, 0.05) is 19.5 Å². The Hall–Kier alpha value is -2.70. The summed E-state index contributed by atoms with van der Waals surface area (Å²) in [6.07, 6.45) is 0.983. The summed E-state index contributed by atoms with van der Waals surface area (Å²) in [7, 11) is 0. The number of hydrogen-bond acceptors (Lipinski definition) is 4. The molecule has 1 aromatic carbocycles. The standard InChI is InChI=1S/C21H29N5O2/c1-5-25-19(27)11-10-18(20(25)17-9-7-6-8-14(17)2)21(28)22-12-13-26-16(4)23-15(3)24-26/h6-9,18,20H,5,10-13H2,1-4H3,(H,22,28)/t18-,20+/m1/s1. The zero-order valence-corrected chi connectivity index (χ0v) is 17.1. The minimum Gasteiger partial charge on any atom is -0.354 e. The number of rotatable bonds is 6. The summed E-state index contributed by atoms with van der Waals surface area (Å²) in [4.78, 5) is 31.7. The van der Waals surface area contributed by atoms with Crippen molar-refractivity contribution in [2.24, 2.45) is 5.92 Å². The molecule has 28 heavy (non-hydrogen) atoms. The van der Waals surface area contributed by atoms with Crippen LogP contribution in [0.4, 0.5) is 0 Å². The molecule has 2 amide bonds. The Labute approximate surface area is 166 Å². The van der Waals surface area contributed by atoms with E-state index in [1.165, 1.54) is 0 Å². The summed E-state index contributed by atoms with van der Waals surface area (Å²) >= 11 is 0. The molecule has 0 unspecified atom stereocenters. The third-order valence-electron chi connectivity index (χ3n) is 5.48. The maximum absolute atomic E-state index is 13.0. The predicted octanol–water partition coefficient (Wildman–Crippen LogP) is 2.32. The van der Waals surface area contributed by atoms with E-state index in [1.807, 2.05) is 56.9 Å². The molecule has 0 spiro atoms. The van der Waals surface area contributed by atoms with E-state index in [1.54, 1.807) is 4.68 Å². The maximum atomic E-state index is 13.0. The number of carbonyl (C=O) groups is 2. The number of likely N-dealkylation sites (tertiary alicyclic amines) is 1. The van der Waals surface area contributed by atoms with Crippen molar-refractivity contribution < 1.29 is 9.59 Å². The predicted molar refractivity (Wildman–Crippen MR) is 107 cm³/mol. The fourth-order valence-electron chi connectivity index (χ4n) is 4.09. The van der Waals surface area contributed by atoms with Crippen molar-refractivity contribution in [3.8, 4) is 0 Å². The molecule has 2 heterocycles. The van der Waals surface area contributed by atoms with Gasteiger partial charge < -0.3 is 10.2 Å². The van der Waals surface area contributed by atoms with E-state index in [9.17, 15) is 9.59 Å². The van der Waals surface area contributed by atoms with Crippen LogP contribution in [-0.4, -0.2) is 44.6 Å². The molecular formula is C21H29N5O2. The van der Waals surface area contributed by atoms with Crippen LogP contribution in [0.1, 0.15) is 48.6 Å². The van der Waals surface area contributed by atoms with Crippen LogP contribution in [0.25, 0.3) is 0 Å². The minimum atomic E-state index is -0.252. The molecule has 1 fully saturated rings. The smallest absolute Gasteiger partial charge is 0.225 e. The molecule has 150 valence electrons. The van der Waals surface area contributed by atoms with Crippen molar-refractivity contribution in [1.29, 1.82) is 0 Å². The molecule has 1 N–H and O–H groups in total. The van der Waals surface area contributed by atoms with Crippen LogP contribution in [-0.2, 0) is 16.1 Å². The Morgan fingerprint density at radius 3 is 2.64 bits per heavy atom. The molecule has 0 saturated carbocycles. The number of carbonyl (C=O) groups excluding carboxylic acids is 2. The first-order chi connectivity index (χ1) is 13.4. The highest BCUT2D eigenvalue weighted by molar-refractivity contribution is 5.85. The van der Waals surface area contributed by atoms with E-state index in [-0.39, 0.29) is 23.8 Å². The van der Waals surface area contributed by atoms with Gasteiger partial charge in [0.15, 0.2) is 0 Å². The Balaban J connectivity index is 1.75. The molecule has 1 aromatic heterocycles. The fraction of sp³-hybridized carbons (Fsp3) is 0.524. The van der Waals surface area contributed by atoms with E-state index < -0.39 is 0 Å². The molecule has 7 nitrogen and oxygen atoms in total. The number of piperidine rings is 1. The number of aryl methyl sites for hydroxylation is 3. The zero-order valence-electron chi connectivity index (χ0n) is 17.1. The molecule has 0 aliphatic carbocycles. The first kappa shape index (κ1) is 20.0. The number of benzene rings is 1. The lowest BCUT2D eigenvalue weighted by atomic mass is 9.82. The number of nitrogens with one attached hydrogen (secondary N) is 1. The average molecular weight is 383 g/mol. The lowest BCUT2D eigenvalue weighted by Gasteiger charge is -2.41. The Morgan fingerprint density at radius 1 is 1.25 bits per heavy atom. The molecule has 2 atom stereocenters. The number of hydrogen-bond donors (Lipinski definition) is 1. The highest BCUT2D eigenvalue weighted by Gasteiger charge is 2.40. The zero-order chi connectivity index (χ0) is 20.3. The normalized spacial score (nSPS) is 19.7. The van der Waals surface area contributed by atoms with Gasteiger partial charge in [0.05, 0.1) is 18.5 Å².